The predicted octanol–water partition coefficient (Wildman–Crippen LogP) is 0.716. The van der Waals surface area contributed by atoms with Gasteiger partial charge in [0, 0.05) is 0 Å². The van der Waals surface area contributed by atoms with Crippen molar-refractivity contribution in [3.05, 3.63) is 47.1 Å². The number of amides is 2. The van der Waals surface area contributed by atoms with E-state index in [9.17, 15) is 9.59 Å². The van der Waals surface area contributed by atoms with Crippen molar-refractivity contribution >= 4 is 11.8 Å². The smallest absolute Gasteiger partial charge is 0.249 e. The molecule has 84 valence electrons. The van der Waals surface area contributed by atoms with Gasteiger partial charge in [0.25, 0.3) is 0 Å². The molecule has 0 aromatic heterocycles. The van der Waals surface area contributed by atoms with E-state index in [2.05, 4.69) is 0 Å². The van der Waals surface area contributed by atoms with Crippen LogP contribution in [0, 0.1) is 0 Å². The van der Waals surface area contributed by atoms with E-state index in [1.165, 1.54) is 6.08 Å². The molecule has 0 saturated carbocycles. The zero-order valence-electron chi connectivity index (χ0n) is 9.07. The molecule has 0 unspecified atom stereocenters. The Morgan fingerprint density at radius 2 is 1.62 bits per heavy atom. The van der Waals surface area contributed by atoms with Crippen LogP contribution in [-0.2, 0) is 9.59 Å². The summed E-state index contributed by atoms with van der Waals surface area (Å²) in [7, 11) is 0. The summed E-state index contributed by atoms with van der Waals surface area (Å²) < 4.78 is 0. The van der Waals surface area contributed by atoms with Crippen LogP contribution in [-0.4, -0.2) is 11.8 Å². The number of hydrogen-bond donors (Lipinski definition) is 2. The summed E-state index contributed by atoms with van der Waals surface area (Å²) in [6.07, 6.45) is 9.14. The Hall–Kier alpha value is -2.10. The summed E-state index contributed by atoms with van der Waals surface area (Å²) in [5.41, 5.74) is 11.6. The maximum absolute atomic E-state index is 11.2. The van der Waals surface area contributed by atoms with Crippen molar-refractivity contribution in [2.24, 2.45) is 11.5 Å². The molecule has 0 radical (unpaired) electrons. The first kappa shape index (κ1) is 12.0. The van der Waals surface area contributed by atoms with E-state index in [1.807, 2.05) is 13.0 Å². The van der Waals surface area contributed by atoms with E-state index in [0.717, 1.165) is 12.0 Å². The van der Waals surface area contributed by atoms with Crippen molar-refractivity contribution in [2.75, 3.05) is 0 Å². The van der Waals surface area contributed by atoms with Gasteiger partial charge >= 0.3 is 0 Å². The highest BCUT2D eigenvalue weighted by molar-refractivity contribution is 6.10. The average molecular weight is 218 g/mol. The SMILES string of the molecule is CCC1=C/C=C\C=C(\C(N)=O)C(C(N)=O)=C1. The molecule has 2 amide bonds. The van der Waals surface area contributed by atoms with Gasteiger partial charge in [0.15, 0.2) is 0 Å². The van der Waals surface area contributed by atoms with Gasteiger partial charge in [0.1, 0.15) is 0 Å². The second-order valence-corrected chi connectivity index (χ2v) is 3.35. The van der Waals surface area contributed by atoms with E-state index < -0.39 is 11.8 Å². The molecule has 16 heavy (non-hydrogen) atoms. The van der Waals surface area contributed by atoms with Gasteiger partial charge in [-0.3, -0.25) is 9.59 Å². The molecule has 1 rings (SSSR count). The lowest BCUT2D eigenvalue weighted by molar-refractivity contribution is -0.117. The van der Waals surface area contributed by atoms with Crippen LogP contribution in [0.25, 0.3) is 0 Å². The molecule has 4 heteroatoms. The maximum Gasteiger partial charge on any atom is 0.249 e. The fourth-order valence-corrected chi connectivity index (χ4v) is 1.37. The summed E-state index contributed by atoms with van der Waals surface area (Å²) in [5, 5.41) is 0. The monoisotopic (exact) mass is 218 g/mol. The summed E-state index contributed by atoms with van der Waals surface area (Å²) in [4.78, 5) is 22.4. The molecule has 0 fully saturated rings. The second kappa shape index (κ2) is 5.11. The van der Waals surface area contributed by atoms with Crippen LogP contribution in [0.5, 0.6) is 0 Å². The maximum atomic E-state index is 11.2. The molecule has 4 N–H and O–H groups in total. The molecular formula is C12H14N2O2. The number of carbonyl (C=O) groups excluding carboxylic acids is 2. The standard InChI is InChI=1S/C12H14N2O2/c1-2-8-5-3-4-6-9(11(13)15)10(7-8)12(14)16/h3-7H,2H2,1H3,(H2,13,15)(H2,14,16)/b4-3-,5-3?,6-4?,8-5?,8-7?,9-6+,10-7?,10-9?. The lowest BCUT2D eigenvalue weighted by Gasteiger charge is -2.07. The van der Waals surface area contributed by atoms with Crippen LogP contribution >= 0.6 is 0 Å². The third-order valence-corrected chi connectivity index (χ3v) is 2.24. The van der Waals surface area contributed by atoms with Crippen molar-refractivity contribution < 1.29 is 9.59 Å². The number of primary amides is 2. The molecule has 0 bridgehead atoms. The predicted molar refractivity (Wildman–Crippen MR) is 62.1 cm³/mol. The third kappa shape index (κ3) is 2.70. The fraction of sp³-hybridized carbons (Fsp3) is 0.167. The molecule has 0 aromatic carbocycles. The zero-order valence-corrected chi connectivity index (χ0v) is 9.07. The van der Waals surface area contributed by atoms with Gasteiger partial charge in [-0.15, -0.1) is 0 Å². The number of rotatable bonds is 3. The normalized spacial score (nSPS) is 20.7. The van der Waals surface area contributed by atoms with Crippen LogP contribution in [0.15, 0.2) is 47.1 Å². The Bertz CT molecular complexity index is 440. The van der Waals surface area contributed by atoms with E-state index in [4.69, 9.17) is 11.5 Å². The minimum atomic E-state index is -0.660. The van der Waals surface area contributed by atoms with Crippen molar-refractivity contribution in [3.63, 3.8) is 0 Å². The first-order valence-electron chi connectivity index (χ1n) is 4.95. The van der Waals surface area contributed by atoms with Crippen LogP contribution < -0.4 is 11.5 Å². The Balaban J connectivity index is 3.29. The highest BCUT2D eigenvalue weighted by Gasteiger charge is 2.16. The minimum absolute atomic E-state index is 0.141. The van der Waals surface area contributed by atoms with Gasteiger partial charge in [-0.05, 0) is 24.1 Å². The Morgan fingerprint density at radius 3 is 2.12 bits per heavy atom. The van der Waals surface area contributed by atoms with Crippen molar-refractivity contribution in [1.82, 2.24) is 0 Å². The molecule has 0 aromatic rings. The first-order valence-corrected chi connectivity index (χ1v) is 4.95. The summed E-state index contributed by atoms with van der Waals surface area (Å²) in [6.45, 7) is 1.95. The molecule has 0 aliphatic heterocycles. The molecule has 4 nitrogen and oxygen atoms in total. The molecule has 0 heterocycles. The number of carbonyl (C=O) groups is 2. The molecule has 1 aliphatic rings. The van der Waals surface area contributed by atoms with Gasteiger partial charge < -0.3 is 11.5 Å². The van der Waals surface area contributed by atoms with Gasteiger partial charge in [0.2, 0.25) is 11.8 Å². The quantitative estimate of drug-likeness (QED) is 0.731. The number of hydrogen-bond acceptors (Lipinski definition) is 2. The van der Waals surface area contributed by atoms with Crippen LogP contribution in [0.4, 0.5) is 0 Å². The van der Waals surface area contributed by atoms with Gasteiger partial charge in [-0.1, -0.05) is 25.2 Å². The van der Waals surface area contributed by atoms with E-state index in [1.54, 1.807) is 18.2 Å². The van der Waals surface area contributed by atoms with Gasteiger partial charge in [0.05, 0.1) is 11.1 Å². The molecule has 0 saturated heterocycles. The molecular weight excluding hydrogens is 204 g/mol. The van der Waals surface area contributed by atoms with Gasteiger partial charge in [-0.25, -0.2) is 0 Å². The molecule has 1 aliphatic carbocycles. The van der Waals surface area contributed by atoms with Gasteiger partial charge in [-0.2, -0.15) is 0 Å². The highest BCUT2D eigenvalue weighted by Crippen LogP contribution is 2.16. The second-order valence-electron chi connectivity index (χ2n) is 3.35. The van der Waals surface area contributed by atoms with Crippen molar-refractivity contribution in [2.45, 2.75) is 13.3 Å². The fourth-order valence-electron chi connectivity index (χ4n) is 1.37. The molecule has 0 spiro atoms. The zero-order chi connectivity index (χ0) is 12.1. The van der Waals surface area contributed by atoms with Crippen LogP contribution in [0.1, 0.15) is 13.3 Å². The number of allylic oxidation sites excluding steroid dienone is 6. The largest absolute Gasteiger partial charge is 0.366 e. The lowest BCUT2D eigenvalue weighted by atomic mass is 9.98. The average Bonchev–Trinajstić information content (AvgIpc) is 2.16. The Morgan fingerprint density at radius 1 is 1.06 bits per heavy atom. The van der Waals surface area contributed by atoms with Crippen LogP contribution in [0.2, 0.25) is 0 Å². The highest BCUT2D eigenvalue weighted by atomic mass is 16.2. The van der Waals surface area contributed by atoms with E-state index >= 15 is 0 Å². The third-order valence-electron chi connectivity index (χ3n) is 2.24. The van der Waals surface area contributed by atoms with E-state index in [-0.39, 0.29) is 11.1 Å². The topological polar surface area (TPSA) is 86.2 Å². The Labute approximate surface area is 94.0 Å². The lowest BCUT2D eigenvalue weighted by Crippen LogP contribution is -2.24. The summed E-state index contributed by atoms with van der Waals surface area (Å²) in [6, 6.07) is 0. The summed E-state index contributed by atoms with van der Waals surface area (Å²) in [5.74, 6) is -1.31. The molecule has 0 atom stereocenters. The van der Waals surface area contributed by atoms with Crippen molar-refractivity contribution in [3.8, 4) is 0 Å². The number of nitrogens with two attached hydrogens (primary N) is 2. The first-order chi connectivity index (χ1) is 7.56. The van der Waals surface area contributed by atoms with Crippen molar-refractivity contribution in [1.29, 1.82) is 0 Å². The minimum Gasteiger partial charge on any atom is -0.366 e. The summed E-state index contributed by atoms with van der Waals surface area (Å²) >= 11 is 0. The van der Waals surface area contributed by atoms with Crippen LogP contribution in [0.3, 0.4) is 0 Å². The van der Waals surface area contributed by atoms with E-state index in [0.29, 0.717) is 0 Å². The Kier molecular flexibility index (Phi) is 3.83.